The van der Waals surface area contributed by atoms with E-state index >= 15 is 0 Å². The second kappa shape index (κ2) is 58.1. The van der Waals surface area contributed by atoms with Crippen molar-refractivity contribution in [1.29, 1.82) is 0 Å². The lowest BCUT2D eigenvalue weighted by Gasteiger charge is -2.18. The Kier molecular flexibility index (Phi) is 55.4. The summed E-state index contributed by atoms with van der Waals surface area (Å²) in [4.78, 5) is 25.4. The molecule has 5 nitrogen and oxygen atoms in total. The summed E-state index contributed by atoms with van der Waals surface area (Å²) in [7, 11) is 0. The van der Waals surface area contributed by atoms with Crippen molar-refractivity contribution in [3.8, 4) is 0 Å². The van der Waals surface area contributed by atoms with Gasteiger partial charge in [-0.2, -0.15) is 0 Å². The Morgan fingerprint density at radius 3 is 1.07 bits per heavy atom. The fourth-order valence-corrected chi connectivity index (χ4v) is 7.80. The first-order valence-electron chi connectivity index (χ1n) is 28.8. The maximum atomic E-state index is 12.8. The molecule has 0 bridgehead atoms. The molecule has 0 aliphatic rings. The Hall–Kier alpha value is -3.18. The van der Waals surface area contributed by atoms with Gasteiger partial charge in [0.15, 0.2) is 6.10 Å². The highest BCUT2D eigenvalue weighted by molar-refractivity contribution is 5.70. The molecule has 68 heavy (non-hydrogen) atoms. The average molecular weight is 946 g/mol. The number of ether oxygens (including phenoxy) is 3. The zero-order valence-electron chi connectivity index (χ0n) is 44.8. The summed E-state index contributed by atoms with van der Waals surface area (Å²) in [5.41, 5.74) is 0. The van der Waals surface area contributed by atoms with Crippen LogP contribution < -0.4 is 0 Å². The van der Waals surface area contributed by atoms with E-state index in [1.165, 1.54) is 161 Å². The van der Waals surface area contributed by atoms with Crippen LogP contribution in [0.3, 0.4) is 0 Å². The van der Waals surface area contributed by atoms with Crippen LogP contribution in [-0.4, -0.2) is 37.9 Å². The van der Waals surface area contributed by atoms with Crippen LogP contribution in [0.1, 0.15) is 265 Å². The molecule has 0 spiro atoms. The molecule has 0 unspecified atom stereocenters. The number of hydrogen-bond acceptors (Lipinski definition) is 5. The predicted octanol–water partition coefficient (Wildman–Crippen LogP) is 19.8. The molecule has 5 heteroatoms. The molecule has 0 aromatic heterocycles. The first kappa shape index (κ1) is 64.8. The molecule has 0 aromatic carbocycles. The molecule has 0 aliphatic carbocycles. The third-order valence-corrected chi connectivity index (χ3v) is 12.1. The number of allylic oxidation sites excluding steroid dienone is 16. The summed E-state index contributed by atoms with van der Waals surface area (Å²) in [5, 5.41) is 0. The molecule has 0 rings (SSSR count). The maximum absolute atomic E-state index is 12.8. The Balaban J connectivity index is 4.46. The molecule has 390 valence electrons. The van der Waals surface area contributed by atoms with Gasteiger partial charge in [0.1, 0.15) is 6.61 Å². The van der Waals surface area contributed by atoms with E-state index in [4.69, 9.17) is 14.2 Å². The first-order chi connectivity index (χ1) is 33.6. The molecule has 0 amide bonds. The van der Waals surface area contributed by atoms with Gasteiger partial charge in [-0.3, -0.25) is 9.59 Å². The van der Waals surface area contributed by atoms with Crippen LogP contribution in [0.15, 0.2) is 97.2 Å². The van der Waals surface area contributed by atoms with Crippen molar-refractivity contribution >= 4 is 11.9 Å². The highest BCUT2D eigenvalue weighted by Crippen LogP contribution is 2.15. The second-order valence-electron chi connectivity index (χ2n) is 18.8. The normalized spacial score (nSPS) is 12.9. The molecule has 0 radical (unpaired) electrons. The van der Waals surface area contributed by atoms with Gasteiger partial charge in [-0.1, -0.05) is 259 Å². The van der Waals surface area contributed by atoms with Gasteiger partial charge >= 0.3 is 11.9 Å². The number of unbranched alkanes of at least 4 members (excludes halogenated alkanes) is 25. The summed E-state index contributed by atoms with van der Waals surface area (Å²) < 4.78 is 17.4. The second-order valence-corrected chi connectivity index (χ2v) is 18.8. The van der Waals surface area contributed by atoms with E-state index in [0.717, 1.165) is 64.2 Å². The molecule has 0 saturated carbocycles. The third-order valence-electron chi connectivity index (χ3n) is 12.1. The van der Waals surface area contributed by atoms with E-state index in [-0.39, 0.29) is 25.2 Å². The summed E-state index contributed by atoms with van der Waals surface area (Å²) in [6.45, 7) is 7.68. The highest BCUT2D eigenvalue weighted by atomic mass is 16.6. The molecule has 0 aliphatic heterocycles. The Bertz CT molecular complexity index is 1300. The van der Waals surface area contributed by atoms with Crippen molar-refractivity contribution in [3.63, 3.8) is 0 Å². The summed E-state index contributed by atoms with van der Waals surface area (Å²) in [5.74, 6) is -0.549. The number of carbonyl (C=O) groups is 2. The SMILES string of the molecule is CCCCC/C=C\C/C=C\C/C=C\C/C=C\C/C=C\CCC(=O)OC[C@@H](COCCCCCCCCCCCCCCCCCC)OC(=O)CCC/C=C\C/C=C\C/C=C\CCCCCCCC. The van der Waals surface area contributed by atoms with Gasteiger partial charge in [0, 0.05) is 19.4 Å². The number of hydrogen-bond donors (Lipinski definition) is 0. The topological polar surface area (TPSA) is 61.8 Å². The van der Waals surface area contributed by atoms with Gasteiger partial charge < -0.3 is 14.2 Å². The largest absolute Gasteiger partial charge is 0.462 e. The van der Waals surface area contributed by atoms with Crippen LogP contribution in [-0.2, 0) is 23.8 Å². The standard InChI is InChI=1S/C63H108O5/c1-4-7-10-13-16-19-22-25-28-31-32-34-35-38-41-44-47-50-53-56-62(64)67-60-61(59-66-58-55-52-49-46-43-40-37-30-27-24-21-18-15-12-9-6-3)68-63(65)57-54-51-48-45-42-39-36-33-29-26-23-20-17-14-11-8-5-2/h16,19,25-26,28-29,32,34,36,38-39,41,45,47-48,50,61H,4-15,17-18,20-24,27,30-31,33,35,37,40,42-44,46,49,51-60H2,1-3H3/b19-16-,28-25-,29-26-,34-32-,39-36-,41-38-,48-45-,50-47-/t61-/m1/s1. The lowest BCUT2D eigenvalue weighted by Crippen LogP contribution is -2.30. The third kappa shape index (κ3) is 55.4. The molecule has 0 heterocycles. The van der Waals surface area contributed by atoms with Crippen LogP contribution in [0.25, 0.3) is 0 Å². The molecule has 0 saturated heterocycles. The number of carbonyl (C=O) groups excluding carboxylic acids is 2. The fraction of sp³-hybridized carbons (Fsp3) is 0.714. The van der Waals surface area contributed by atoms with Crippen LogP contribution in [0.4, 0.5) is 0 Å². The fourth-order valence-electron chi connectivity index (χ4n) is 7.80. The van der Waals surface area contributed by atoms with E-state index in [1.54, 1.807) is 0 Å². The quantitative estimate of drug-likeness (QED) is 0.0345. The molecule has 0 aromatic rings. The van der Waals surface area contributed by atoms with Crippen LogP contribution in [0.5, 0.6) is 0 Å². The van der Waals surface area contributed by atoms with Crippen LogP contribution in [0, 0.1) is 0 Å². The van der Waals surface area contributed by atoms with Crippen molar-refractivity contribution in [2.24, 2.45) is 0 Å². The zero-order chi connectivity index (χ0) is 49.2. The van der Waals surface area contributed by atoms with Crippen LogP contribution in [0.2, 0.25) is 0 Å². The monoisotopic (exact) mass is 945 g/mol. The Morgan fingerprint density at radius 2 is 0.647 bits per heavy atom. The van der Waals surface area contributed by atoms with Crippen molar-refractivity contribution in [1.82, 2.24) is 0 Å². The van der Waals surface area contributed by atoms with Gasteiger partial charge in [-0.25, -0.2) is 0 Å². The molecular weight excluding hydrogens is 837 g/mol. The van der Waals surface area contributed by atoms with E-state index < -0.39 is 6.10 Å². The summed E-state index contributed by atoms with van der Waals surface area (Å²) in [6.07, 6.45) is 78.7. The minimum atomic E-state index is -0.596. The van der Waals surface area contributed by atoms with Gasteiger partial charge in [-0.15, -0.1) is 0 Å². The van der Waals surface area contributed by atoms with Crippen molar-refractivity contribution in [2.45, 2.75) is 271 Å². The molecule has 1 atom stereocenters. The smallest absolute Gasteiger partial charge is 0.306 e. The minimum absolute atomic E-state index is 0.0237. The van der Waals surface area contributed by atoms with E-state index in [9.17, 15) is 9.59 Å². The Labute approximate surface area is 422 Å². The minimum Gasteiger partial charge on any atom is -0.462 e. The first-order valence-corrected chi connectivity index (χ1v) is 28.8. The predicted molar refractivity (Wildman–Crippen MR) is 297 cm³/mol. The number of rotatable bonds is 52. The lowest BCUT2D eigenvalue weighted by atomic mass is 10.0. The van der Waals surface area contributed by atoms with Gasteiger partial charge in [0.2, 0.25) is 0 Å². The zero-order valence-corrected chi connectivity index (χ0v) is 44.8. The summed E-state index contributed by atoms with van der Waals surface area (Å²) >= 11 is 0. The molecular formula is C63H108O5. The van der Waals surface area contributed by atoms with Crippen molar-refractivity contribution < 1.29 is 23.8 Å². The highest BCUT2D eigenvalue weighted by Gasteiger charge is 2.17. The number of esters is 2. The summed E-state index contributed by atoms with van der Waals surface area (Å²) in [6, 6.07) is 0. The van der Waals surface area contributed by atoms with Crippen LogP contribution >= 0.6 is 0 Å². The Morgan fingerprint density at radius 1 is 0.324 bits per heavy atom. The van der Waals surface area contributed by atoms with E-state index in [2.05, 4.69) is 112 Å². The van der Waals surface area contributed by atoms with E-state index in [1.807, 2.05) is 6.08 Å². The maximum Gasteiger partial charge on any atom is 0.306 e. The van der Waals surface area contributed by atoms with Crippen molar-refractivity contribution in [2.75, 3.05) is 19.8 Å². The lowest BCUT2D eigenvalue weighted by molar-refractivity contribution is -0.162. The van der Waals surface area contributed by atoms with Crippen molar-refractivity contribution in [3.05, 3.63) is 97.2 Å². The van der Waals surface area contributed by atoms with Gasteiger partial charge in [0.05, 0.1) is 6.61 Å². The average Bonchev–Trinajstić information content (AvgIpc) is 3.34. The molecule has 0 N–H and O–H groups in total. The molecule has 0 fully saturated rings. The van der Waals surface area contributed by atoms with Gasteiger partial charge in [0.25, 0.3) is 0 Å². The van der Waals surface area contributed by atoms with E-state index in [0.29, 0.717) is 25.9 Å². The van der Waals surface area contributed by atoms with Gasteiger partial charge in [-0.05, 0) is 89.9 Å².